The second-order valence-electron chi connectivity index (χ2n) is 5.08. The summed E-state index contributed by atoms with van der Waals surface area (Å²) < 4.78 is 13.1. The monoisotopic (exact) mass is 316 g/mol. The summed E-state index contributed by atoms with van der Waals surface area (Å²) in [6.07, 6.45) is 3.57. The molecular weight excluding hydrogens is 299 g/mol. The molecule has 5 nitrogen and oxygen atoms in total. The molecule has 1 aromatic heterocycles. The van der Waals surface area contributed by atoms with Gasteiger partial charge >= 0.3 is 5.97 Å². The fraction of sp³-hybridized carbons (Fsp3) is 0.235. The van der Waals surface area contributed by atoms with Crippen molar-refractivity contribution in [2.75, 3.05) is 0 Å². The third-order valence-electron chi connectivity index (χ3n) is 3.34. The summed E-state index contributed by atoms with van der Waals surface area (Å²) in [5.74, 6) is -1.53. The highest BCUT2D eigenvalue weighted by Crippen LogP contribution is 2.22. The van der Waals surface area contributed by atoms with Crippen molar-refractivity contribution >= 4 is 11.9 Å². The molecule has 0 fully saturated rings. The van der Waals surface area contributed by atoms with Gasteiger partial charge in [0.05, 0.1) is 6.04 Å². The summed E-state index contributed by atoms with van der Waals surface area (Å²) in [5.41, 5.74) is 1.56. The minimum absolute atomic E-state index is 0.0517. The highest BCUT2D eigenvalue weighted by molar-refractivity contribution is 5.77. The number of amides is 1. The number of pyridine rings is 1. The Bertz CT molecular complexity index is 659. The van der Waals surface area contributed by atoms with Crippen molar-refractivity contribution in [3.05, 3.63) is 65.7 Å². The molecule has 6 heteroatoms. The van der Waals surface area contributed by atoms with Gasteiger partial charge in [-0.2, -0.15) is 0 Å². The maximum Gasteiger partial charge on any atom is 0.303 e. The van der Waals surface area contributed by atoms with Crippen LogP contribution in [-0.4, -0.2) is 22.0 Å². The largest absolute Gasteiger partial charge is 0.481 e. The van der Waals surface area contributed by atoms with Crippen molar-refractivity contribution in [1.82, 2.24) is 10.3 Å². The van der Waals surface area contributed by atoms with E-state index in [4.69, 9.17) is 5.11 Å². The van der Waals surface area contributed by atoms with Crippen molar-refractivity contribution in [1.29, 1.82) is 0 Å². The summed E-state index contributed by atoms with van der Waals surface area (Å²) in [6.45, 7) is 0. The Labute approximate surface area is 133 Å². The molecule has 0 radical (unpaired) electrons. The maximum absolute atomic E-state index is 13.1. The summed E-state index contributed by atoms with van der Waals surface area (Å²) in [7, 11) is 0. The third kappa shape index (κ3) is 5.18. The lowest BCUT2D eigenvalue weighted by Crippen LogP contribution is -2.29. The first-order valence-corrected chi connectivity index (χ1v) is 7.23. The van der Waals surface area contributed by atoms with Gasteiger partial charge in [0.2, 0.25) is 5.91 Å². The predicted octanol–water partition coefficient (Wildman–Crippen LogP) is 2.68. The van der Waals surface area contributed by atoms with Gasteiger partial charge in [-0.3, -0.25) is 14.6 Å². The van der Waals surface area contributed by atoms with E-state index in [0.717, 1.165) is 11.1 Å². The number of carboxylic acid groups (broad SMARTS) is 1. The summed E-state index contributed by atoms with van der Waals surface area (Å²) in [6, 6.07) is 8.99. The molecule has 1 aromatic carbocycles. The molecule has 1 amide bonds. The SMILES string of the molecule is O=C(O)CCCC(=O)NC(c1ccncc1)c1ccc(F)cc1. The third-order valence-corrected chi connectivity index (χ3v) is 3.34. The standard InChI is InChI=1S/C17H17FN2O3/c18-14-6-4-12(5-7-14)17(13-8-10-19-11-9-13)20-15(21)2-1-3-16(22)23/h4-11,17H,1-3H2,(H,20,21)(H,22,23). The topological polar surface area (TPSA) is 79.3 Å². The molecule has 0 aliphatic carbocycles. The molecule has 0 saturated carbocycles. The average molecular weight is 316 g/mol. The van der Waals surface area contributed by atoms with E-state index in [1.807, 2.05) is 0 Å². The maximum atomic E-state index is 13.1. The molecule has 1 unspecified atom stereocenters. The van der Waals surface area contributed by atoms with Crippen LogP contribution in [0.15, 0.2) is 48.8 Å². The van der Waals surface area contributed by atoms with Crippen LogP contribution in [0.2, 0.25) is 0 Å². The molecule has 2 aromatic rings. The van der Waals surface area contributed by atoms with Crippen LogP contribution in [0.5, 0.6) is 0 Å². The van der Waals surface area contributed by atoms with Gasteiger partial charge in [-0.1, -0.05) is 12.1 Å². The van der Waals surface area contributed by atoms with Crippen molar-refractivity contribution < 1.29 is 19.1 Å². The van der Waals surface area contributed by atoms with E-state index in [0.29, 0.717) is 0 Å². The first-order chi connectivity index (χ1) is 11.1. The zero-order chi connectivity index (χ0) is 16.7. The number of nitrogens with zero attached hydrogens (tertiary/aromatic N) is 1. The molecule has 1 heterocycles. The van der Waals surface area contributed by atoms with E-state index in [9.17, 15) is 14.0 Å². The number of hydrogen-bond acceptors (Lipinski definition) is 3. The van der Waals surface area contributed by atoms with E-state index in [2.05, 4.69) is 10.3 Å². The second kappa shape index (κ2) is 8.03. The Balaban J connectivity index is 2.13. The van der Waals surface area contributed by atoms with Crippen LogP contribution in [0.4, 0.5) is 4.39 Å². The smallest absolute Gasteiger partial charge is 0.303 e. The fourth-order valence-corrected chi connectivity index (χ4v) is 2.20. The highest BCUT2D eigenvalue weighted by atomic mass is 19.1. The van der Waals surface area contributed by atoms with Gasteiger partial charge in [0.15, 0.2) is 0 Å². The second-order valence-corrected chi connectivity index (χ2v) is 5.08. The van der Waals surface area contributed by atoms with Gasteiger partial charge in [0.1, 0.15) is 5.82 Å². The van der Waals surface area contributed by atoms with E-state index in [1.54, 1.807) is 36.7 Å². The lowest BCUT2D eigenvalue weighted by molar-refractivity contribution is -0.137. The molecule has 0 saturated heterocycles. The Morgan fingerprint density at radius 1 is 1.04 bits per heavy atom. The molecule has 0 spiro atoms. The normalized spacial score (nSPS) is 11.7. The molecule has 0 bridgehead atoms. The molecule has 2 rings (SSSR count). The molecule has 1 atom stereocenters. The number of rotatable bonds is 7. The Morgan fingerprint density at radius 3 is 2.26 bits per heavy atom. The zero-order valence-electron chi connectivity index (χ0n) is 12.4. The lowest BCUT2D eigenvalue weighted by Gasteiger charge is -2.19. The molecule has 0 aliphatic rings. The van der Waals surface area contributed by atoms with Crippen LogP contribution < -0.4 is 5.32 Å². The molecular formula is C17H17FN2O3. The van der Waals surface area contributed by atoms with E-state index < -0.39 is 12.0 Å². The highest BCUT2D eigenvalue weighted by Gasteiger charge is 2.17. The summed E-state index contributed by atoms with van der Waals surface area (Å²) >= 11 is 0. The Hall–Kier alpha value is -2.76. The number of carbonyl (C=O) groups excluding carboxylic acids is 1. The first-order valence-electron chi connectivity index (χ1n) is 7.23. The van der Waals surface area contributed by atoms with E-state index in [-0.39, 0.29) is 31.0 Å². The number of aromatic nitrogens is 1. The average Bonchev–Trinajstić information content (AvgIpc) is 2.54. The van der Waals surface area contributed by atoms with Crippen molar-refractivity contribution in [3.8, 4) is 0 Å². The number of carboxylic acids is 1. The number of benzene rings is 1. The van der Waals surface area contributed by atoms with Crippen molar-refractivity contribution in [2.45, 2.75) is 25.3 Å². The van der Waals surface area contributed by atoms with Gasteiger partial charge in [0.25, 0.3) is 0 Å². The van der Waals surface area contributed by atoms with E-state index >= 15 is 0 Å². The molecule has 0 aliphatic heterocycles. The van der Waals surface area contributed by atoms with Crippen LogP contribution in [0.1, 0.15) is 36.4 Å². The van der Waals surface area contributed by atoms with Crippen LogP contribution in [-0.2, 0) is 9.59 Å². The van der Waals surface area contributed by atoms with E-state index in [1.165, 1.54) is 12.1 Å². The van der Waals surface area contributed by atoms with Gasteiger partial charge in [-0.25, -0.2) is 4.39 Å². The number of nitrogens with one attached hydrogen (secondary N) is 1. The fourth-order valence-electron chi connectivity index (χ4n) is 2.20. The van der Waals surface area contributed by atoms with Crippen LogP contribution in [0, 0.1) is 5.82 Å². The van der Waals surface area contributed by atoms with Gasteiger partial charge < -0.3 is 10.4 Å². The number of carbonyl (C=O) groups is 2. The minimum atomic E-state index is -0.929. The van der Waals surface area contributed by atoms with Crippen molar-refractivity contribution in [3.63, 3.8) is 0 Å². The number of halogens is 1. The van der Waals surface area contributed by atoms with Gasteiger partial charge in [0, 0.05) is 25.2 Å². The summed E-state index contributed by atoms with van der Waals surface area (Å²) in [5, 5.41) is 11.5. The quantitative estimate of drug-likeness (QED) is 0.823. The summed E-state index contributed by atoms with van der Waals surface area (Å²) in [4.78, 5) is 26.5. The number of hydrogen-bond donors (Lipinski definition) is 2. The van der Waals surface area contributed by atoms with Crippen LogP contribution in [0.25, 0.3) is 0 Å². The molecule has 23 heavy (non-hydrogen) atoms. The van der Waals surface area contributed by atoms with Gasteiger partial charge in [-0.15, -0.1) is 0 Å². The minimum Gasteiger partial charge on any atom is -0.481 e. The van der Waals surface area contributed by atoms with Gasteiger partial charge in [-0.05, 0) is 41.8 Å². The van der Waals surface area contributed by atoms with Crippen LogP contribution in [0.3, 0.4) is 0 Å². The lowest BCUT2D eigenvalue weighted by atomic mass is 9.99. The zero-order valence-corrected chi connectivity index (χ0v) is 12.4. The molecule has 2 N–H and O–H groups in total. The first kappa shape index (κ1) is 16.6. The Kier molecular flexibility index (Phi) is 5.80. The van der Waals surface area contributed by atoms with Crippen molar-refractivity contribution in [2.24, 2.45) is 0 Å². The predicted molar refractivity (Wildman–Crippen MR) is 82.1 cm³/mol. The van der Waals surface area contributed by atoms with Crippen LogP contribution >= 0.6 is 0 Å². The Morgan fingerprint density at radius 2 is 1.65 bits per heavy atom. The number of aliphatic carboxylic acids is 1. The molecule has 120 valence electrons.